The van der Waals surface area contributed by atoms with E-state index in [1.165, 1.54) is 30.5 Å². The smallest absolute Gasteiger partial charge is 0.319 e. The van der Waals surface area contributed by atoms with Crippen LogP contribution in [0.4, 0.5) is 16.2 Å². The van der Waals surface area contributed by atoms with Crippen LogP contribution in [0.1, 0.15) is 58.2 Å². The lowest BCUT2D eigenvalue weighted by Crippen LogP contribution is -2.37. The van der Waals surface area contributed by atoms with Gasteiger partial charge in [-0.25, -0.2) is 10.2 Å². The van der Waals surface area contributed by atoms with E-state index in [9.17, 15) is 24.8 Å². The molecule has 0 spiro atoms. The summed E-state index contributed by atoms with van der Waals surface area (Å²) >= 11 is 0. The Labute approximate surface area is 198 Å². The number of non-ortho nitro benzene ring substituents is 1. The number of phenols is 1. The van der Waals surface area contributed by atoms with Crippen molar-refractivity contribution in [3.05, 3.63) is 63.2 Å². The van der Waals surface area contributed by atoms with Crippen LogP contribution in [0.5, 0.6) is 5.75 Å². The molecule has 0 fully saturated rings. The van der Waals surface area contributed by atoms with Gasteiger partial charge in [0.05, 0.1) is 11.1 Å². The van der Waals surface area contributed by atoms with E-state index in [0.717, 1.165) is 11.1 Å². The molecule has 0 aliphatic heterocycles. The van der Waals surface area contributed by atoms with Crippen molar-refractivity contribution in [2.75, 3.05) is 11.9 Å². The van der Waals surface area contributed by atoms with Crippen molar-refractivity contribution in [3.63, 3.8) is 0 Å². The average Bonchev–Trinajstić information content (AvgIpc) is 2.71. The molecule has 182 valence electrons. The van der Waals surface area contributed by atoms with Gasteiger partial charge in [-0.15, -0.1) is 0 Å². The number of hydrogen-bond donors (Lipinski definition) is 4. The second-order valence-corrected chi connectivity index (χ2v) is 9.87. The summed E-state index contributed by atoms with van der Waals surface area (Å²) in [7, 11) is 0. The number of rotatable bonds is 6. The van der Waals surface area contributed by atoms with Crippen LogP contribution in [-0.4, -0.2) is 34.7 Å². The number of anilines is 1. The molecular formula is C24H31N5O5. The lowest BCUT2D eigenvalue weighted by molar-refractivity contribution is -0.384. The van der Waals surface area contributed by atoms with Gasteiger partial charge in [-0.2, -0.15) is 5.10 Å². The summed E-state index contributed by atoms with van der Waals surface area (Å²) in [6.07, 6.45) is 1.48. The molecule has 4 N–H and O–H groups in total. The number of aromatic hydroxyl groups is 1. The van der Waals surface area contributed by atoms with E-state index in [2.05, 4.69) is 21.2 Å². The highest BCUT2D eigenvalue weighted by Gasteiger charge is 2.26. The number of carbonyl (C=O) groups is 2. The Kier molecular flexibility index (Phi) is 7.99. The molecule has 3 amide bonds. The van der Waals surface area contributed by atoms with Crippen molar-refractivity contribution < 1.29 is 19.6 Å². The first-order chi connectivity index (χ1) is 15.7. The van der Waals surface area contributed by atoms with Gasteiger partial charge in [0, 0.05) is 28.9 Å². The van der Waals surface area contributed by atoms with Gasteiger partial charge in [0.15, 0.2) is 0 Å². The monoisotopic (exact) mass is 469 g/mol. The van der Waals surface area contributed by atoms with Crippen LogP contribution >= 0.6 is 0 Å². The molecule has 0 heterocycles. The van der Waals surface area contributed by atoms with Crippen molar-refractivity contribution in [3.8, 4) is 5.75 Å². The number of hydrogen-bond acceptors (Lipinski definition) is 6. The van der Waals surface area contributed by atoms with Crippen LogP contribution < -0.4 is 16.1 Å². The molecule has 0 atom stereocenters. The van der Waals surface area contributed by atoms with E-state index in [4.69, 9.17) is 0 Å². The number of hydrazone groups is 1. The van der Waals surface area contributed by atoms with Gasteiger partial charge < -0.3 is 15.7 Å². The third-order valence-electron chi connectivity index (χ3n) is 4.88. The maximum absolute atomic E-state index is 12.0. The summed E-state index contributed by atoms with van der Waals surface area (Å²) in [5.41, 5.74) is 4.06. The van der Waals surface area contributed by atoms with Gasteiger partial charge >= 0.3 is 6.03 Å². The van der Waals surface area contributed by atoms with Crippen LogP contribution in [0.25, 0.3) is 0 Å². The van der Waals surface area contributed by atoms with Crippen LogP contribution in [0.3, 0.4) is 0 Å². The summed E-state index contributed by atoms with van der Waals surface area (Å²) < 4.78 is 0. The standard InChI is InChI=1S/C24H31N5O5/c1-23(2,3)18-10-15(11-19(21(18)31)24(4,5)6)13-26-28-20(30)14-25-22(32)27-16-8-7-9-17(12-16)29(33)34/h7-13,31H,14H2,1-6H3,(H,28,30)(H2,25,27,32)/b26-13+. The summed E-state index contributed by atoms with van der Waals surface area (Å²) in [6, 6.07) is 8.40. The lowest BCUT2D eigenvalue weighted by atomic mass is 9.78. The van der Waals surface area contributed by atoms with Crippen molar-refractivity contribution in [1.82, 2.24) is 10.7 Å². The number of urea groups is 1. The van der Waals surface area contributed by atoms with Crippen molar-refractivity contribution in [1.29, 1.82) is 0 Å². The van der Waals surface area contributed by atoms with Gasteiger partial charge in [0.25, 0.3) is 11.6 Å². The zero-order chi connectivity index (χ0) is 25.7. The number of nitrogens with one attached hydrogen (secondary N) is 3. The molecule has 0 radical (unpaired) electrons. The summed E-state index contributed by atoms with van der Waals surface area (Å²) in [5, 5.41) is 30.3. The zero-order valence-corrected chi connectivity index (χ0v) is 20.2. The Hall–Kier alpha value is -3.95. The predicted octanol–water partition coefficient (Wildman–Crippen LogP) is 4.17. The number of phenolic OH excluding ortho intramolecular Hbond substituents is 1. The van der Waals surface area contributed by atoms with Gasteiger partial charge in [-0.3, -0.25) is 14.9 Å². The molecule has 0 aromatic heterocycles. The molecule has 0 saturated heterocycles. The summed E-state index contributed by atoms with van der Waals surface area (Å²) in [6.45, 7) is 11.7. The first-order valence-corrected chi connectivity index (χ1v) is 10.7. The summed E-state index contributed by atoms with van der Waals surface area (Å²) in [5.74, 6) is -0.309. The quantitative estimate of drug-likeness (QED) is 0.285. The molecule has 0 bridgehead atoms. The number of carbonyl (C=O) groups excluding carboxylic acids is 2. The Morgan fingerprint density at radius 3 is 2.18 bits per heavy atom. The second-order valence-electron chi connectivity index (χ2n) is 9.87. The maximum atomic E-state index is 12.0. The van der Waals surface area contributed by atoms with E-state index >= 15 is 0 Å². The predicted molar refractivity (Wildman–Crippen MR) is 131 cm³/mol. The fourth-order valence-corrected chi connectivity index (χ4v) is 3.13. The van der Waals surface area contributed by atoms with Crippen LogP contribution in [0, 0.1) is 10.1 Å². The number of nitrogens with zero attached hydrogens (tertiary/aromatic N) is 2. The molecule has 2 rings (SSSR count). The highest BCUT2D eigenvalue weighted by atomic mass is 16.6. The van der Waals surface area contributed by atoms with Crippen LogP contribution in [0.2, 0.25) is 0 Å². The third-order valence-corrected chi connectivity index (χ3v) is 4.88. The van der Waals surface area contributed by atoms with Crippen molar-refractivity contribution in [2.45, 2.75) is 52.4 Å². The minimum Gasteiger partial charge on any atom is -0.507 e. The minimum absolute atomic E-state index is 0.164. The van der Waals surface area contributed by atoms with Gasteiger partial charge in [-0.1, -0.05) is 47.6 Å². The van der Waals surface area contributed by atoms with Crippen molar-refractivity contribution >= 4 is 29.5 Å². The van der Waals surface area contributed by atoms with E-state index in [1.54, 1.807) is 0 Å². The zero-order valence-electron chi connectivity index (χ0n) is 20.2. The number of amides is 3. The normalized spacial score (nSPS) is 11.8. The fraction of sp³-hybridized carbons (Fsp3) is 0.375. The Bertz CT molecular complexity index is 1080. The summed E-state index contributed by atoms with van der Waals surface area (Å²) in [4.78, 5) is 34.2. The maximum Gasteiger partial charge on any atom is 0.319 e. The Morgan fingerprint density at radius 2 is 1.65 bits per heavy atom. The van der Waals surface area contributed by atoms with E-state index < -0.39 is 16.9 Å². The Morgan fingerprint density at radius 1 is 1.06 bits per heavy atom. The van der Waals surface area contributed by atoms with Crippen LogP contribution in [-0.2, 0) is 15.6 Å². The van der Waals surface area contributed by atoms with Crippen LogP contribution in [0.15, 0.2) is 41.5 Å². The van der Waals surface area contributed by atoms with E-state index in [1.807, 2.05) is 53.7 Å². The molecule has 2 aromatic rings. The highest BCUT2D eigenvalue weighted by molar-refractivity contribution is 5.92. The second kappa shape index (κ2) is 10.3. The molecule has 0 saturated carbocycles. The fourth-order valence-electron chi connectivity index (χ4n) is 3.13. The molecule has 10 heteroatoms. The lowest BCUT2D eigenvalue weighted by Gasteiger charge is -2.27. The topological polar surface area (TPSA) is 146 Å². The first-order valence-electron chi connectivity index (χ1n) is 10.7. The number of nitro benzene ring substituents is 1. The van der Waals surface area contributed by atoms with E-state index in [-0.39, 0.29) is 34.5 Å². The van der Waals surface area contributed by atoms with Gasteiger partial charge in [0.2, 0.25) is 0 Å². The van der Waals surface area contributed by atoms with Gasteiger partial charge in [-0.05, 0) is 34.6 Å². The third kappa shape index (κ3) is 7.29. The molecular weight excluding hydrogens is 438 g/mol. The SMILES string of the molecule is CC(C)(C)c1cc(/C=N/NC(=O)CNC(=O)Nc2cccc([N+](=O)[O-])c2)cc(C(C)(C)C)c1O. The number of benzene rings is 2. The average molecular weight is 470 g/mol. The Balaban J connectivity index is 2.00. The molecule has 0 aliphatic rings. The number of nitro groups is 1. The minimum atomic E-state index is -0.692. The van der Waals surface area contributed by atoms with Crippen molar-refractivity contribution in [2.24, 2.45) is 5.10 Å². The largest absolute Gasteiger partial charge is 0.507 e. The first kappa shape index (κ1) is 26.3. The van der Waals surface area contributed by atoms with E-state index in [0.29, 0.717) is 5.56 Å². The molecule has 0 unspecified atom stereocenters. The molecule has 2 aromatic carbocycles. The molecule has 10 nitrogen and oxygen atoms in total. The molecule has 34 heavy (non-hydrogen) atoms. The highest BCUT2D eigenvalue weighted by Crippen LogP contribution is 2.39. The molecule has 0 aliphatic carbocycles. The van der Waals surface area contributed by atoms with Gasteiger partial charge in [0.1, 0.15) is 12.3 Å².